The molecule has 0 fully saturated rings. The van der Waals surface area contributed by atoms with Crippen molar-refractivity contribution < 1.29 is 20.1 Å². The highest BCUT2D eigenvalue weighted by Crippen LogP contribution is 2.36. The summed E-state index contributed by atoms with van der Waals surface area (Å²) >= 11 is 0. The van der Waals surface area contributed by atoms with Crippen LogP contribution >= 0.6 is 0 Å². The van der Waals surface area contributed by atoms with Crippen molar-refractivity contribution in [3.63, 3.8) is 0 Å². The SMILES string of the molecule is CCCc1cc(C(O)(CC)CC)ccc1-c1cc(OC[C@@H]2C=CC(CO)=C(CO)C2)ccc1CC. The van der Waals surface area contributed by atoms with E-state index in [0.717, 1.165) is 41.7 Å². The molecule has 3 rings (SSSR count). The Labute approximate surface area is 211 Å². The third kappa shape index (κ3) is 6.24. The molecule has 2 aromatic rings. The van der Waals surface area contributed by atoms with Crippen LogP contribution in [0.2, 0.25) is 0 Å². The van der Waals surface area contributed by atoms with Gasteiger partial charge < -0.3 is 20.1 Å². The molecule has 0 amide bonds. The van der Waals surface area contributed by atoms with Gasteiger partial charge in [0.2, 0.25) is 0 Å². The van der Waals surface area contributed by atoms with E-state index in [1.165, 1.54) is 22.3 Å². The number of hydrogen-bond acceptors (Lipinski definition) is 4. The fourth-order valence-corrected chi connectivity index (χ4v) is 5.02. The van der Waals surface area contributed by atoms with Crippen molar-refractivity contribution in [3.8, 4) is 16.9 Å². The highest BCUT2D eigenvalue weighted by molar-refractivity contribution is 5.73. The van der Waals surface area contributed by atoms with Crippen molar-refractivity contribution in [2.75, 3.05) is 19.8 Å². The maximum absolute atomic E-state index is 11.1. The van der Waals surface area contributed by atoms with E-state index in [1.807, 2.05) is 26.0 Å². The van der Waals surface area contributed by atoms with Gasteiger partial charge in [0.25, 0.3) is 0 Å². The van der Waals surface area contributed by atoms with Gasteiger partial charge in [-0.05, 0) is 83.2 Å². The highest BCUT2D eigenvalue weighted by Gasteiger charge is 2.26. The van der Waals surface area contributed by atoms with Gasteiger partial charge in [-0.2, -0.15) is 0 Å². The van der Waals surface area contributed by atoms with Crippen molar-refractivity contribution >= 4 is 0 Å². The predicted molar refractivity (Wildman–Crippen MR) is 144 cm³/mol. The lowest BCUT2D eigenvalue weighted by Crippen LogP contribution is -2.23. The van der Waals surface area contributed by atoms with Crippen LogP contribution in [0, 0.1) is 5.92 Å². The van der Waals surface area contributed by atoms with E-state index >= 15 is 0 Å². The zero-order chi connectivity index (χ0) is 25.4. The summed E-state index contributed by atoms with van der Waals surface area (Å²) in [6.45, 7) is 8.88. The number of ether oxygens (including phenoxy) is 1. The summed E-state index contributed by atoms with van der Waals surface area (Å²) in [4.78, 5) is 0. The molecule has 2 aromatic carbocycles. The Balaban J connectivity index is 1.89. The summed E-state index contributed by atoms with van der Waals surface area (Å²) in [6, 6.07) is 12.8. The largest absolute Gasteiger partial charge is 0.493 e. The molecule has 1 atom stereocenters. The van der Waals surface area contributed by atoms with Crippen LogP contribution < -0.4 is 4.74 Å². The number of benzene rings is 2. The Morgan fingerprint density at radius 1 is 0.914 bits per heavy atom. The Morgan fingerprint density at radius 2 is 1.69 bits per heavy atom. The first-order valence-corrected chi connectivity index (χ1v) is 13.2. The Kier molecular flexibility index (Phi) is 9.73. The molecule has 1 aliphatic rings. The van der Waals surface area contributed by atoms with Crippen molar-refractivity contribution in [2.45, 2.75) is 71.8 Å². The maximum atomic E-state index is 11.1. The van der Waals surface area contributed by atoms with Gasteiger partial charge in [0.1, 0.15) is 5.75 Å². The molecule has 0 aliphatic heterocycles. The lowest BCUT2D eigenvalue weighted by molar-refractivity contribution is 0.0283. The topological polar surface area (TPSA) is 69.9 Å². The van der Waals surface area contributed by atoms with Gasteiger partial charge in [-0.25, -0.2) is 0 Å². The van der Waals surface area contributed by atoms with E-state index in [-0.39, 0.29) is 19.1 Å². The zero-order valence-corrected chi connectivity index (χ0v) is 21.8. The van der Waals surface area contributed by atoms with Gasteiger partial charge in [-0.1, -0.05) is 70.5 Å². The van der Waals surface area contributed by atoms with E-state index in [2.05, 4.69) is 50.3 Å². The number of aryl methyl sites for hydroxylation is 2. The molecule has 0 radical (unpaired) electrons. The minimum absolute atomic E-state index is 0.0343. The molecule has 0 aromatic heterocycles. The third-order valence-electron chi connectivity index (χ3n) is 7.44. The number of hydrogen-bond donors (Lipinski definition) is 3. The van der Waals surface area contributed by atoms with Crippen LogP contribution in [0.15, 0.2) is 59.7 Å². The summed E-state index contributed by atoms with van der Waals surface area (Å²) in [7, 11) is 0. The zero-order valence-electron chi connectivity index (χ0n) is 21.8. The lowest BCUT2D eigenvalue weighted by Gasteiger charge is -2.27. The first kappa shape index (κ1) is 27.2. The molecule has 0 bridgehead atoms. The number of aliphatic hydroxyl groups is 3. The second-order valence-corrected chi connectivity index (χ2v) is 9.61. The summed E-state index contributed by atoms with van der Waals surface area (Å²) in [5.74, 6) is 0.996. The molecule has 190 valence electrons. The van der Waals surface area contributed by atoms with Gasteiger partial charge in [0, 0.05) is 5.92 Å². The molecule has 0 spiro atoms. The van der Waals surface area contributed by atoms with E-state index in [9.17, 15) is 15.3 Å². The molecule has 3 N–H and O–H groups in total. The first-order valence-electron chi connectivity index (χ1n) is 13.2. The van der Waals surface area contributed by atoms with Crippen LogP contribution in [0.25, 0.3) is 11.1 Å². The minimum atomic E-state index is -0.787. The average Bonchev–Trinajstić information content (AvgIpc) is 2.91. The molecule has 1 aliphatic carbocycles. The molecule has 0 unspecified atom stereocenters. The Morgan fingerprint density at radius 3 is 2.31 bits per heavy atom. The summed E-state index contributed by atoms with van der Waals surface area (Å²) in [5, 5.41) is 30.2. The molecule has 0 saturated carbocycles. The molecule has 4 heteroatoms. The number of aliphatic hydroxyl groups excluding tert-OH is 2. The van der Waals surface area contributed by atoms with Crippen LogP contribution in [-0.4, -0.2) is 35.1 Å². The summed E-state index contributed by atoms with van der Waals surface area (Å²) in [5.41, 5.74) is 6.85. The molecule has 4 nitrogen and oxygen atoms in total. The van der Waals surface area contributed by atoms with Crippen LogP contribution in [0.4, 0.5) is 0 Å². The fourth-order valence-electron chi connectivity index (χ4n) is 5.02. The standard InChI is InChI=1S/C31H42O4/c1-5-9-24-17-27(31(34,7-3)8-4)13-15-29(24)30-18-28(14-12-23(30)6-2)35-21-22-10-11-25(19-32)26(16-22)20-33/h10-15,17-18,22,32-34H,5-9,16,19-21H2,1-4H3/t22-/m1/s1. The molecular formula is C31H42O4. The van der Waals surface area contributed by atoms with Crippen LogP contribution in [0.1, 0.15) is 70.1 Å². The number of rotatable bonds is 12. The monoisotopic (exact) mass is 478 g/mol. The van der Waals surface area contributed by atoms with E-state index < -0.39 is 5.60 Å². The smallest absolute Gasteiger partial charge is 0.119 e. The van der Waals surface area contributed by atoms with Crippen molar-refractivity contribution in [1.82, 2.24) is 0 Å². The van der Waals surface area contributed by atoms with Crippen LogP contribution in [0.5, 0.6) is 5.75 Å². The predicted octanol–water partition coefficient (Wildman–Crippen LogP) is 6.11. The second-order valence-electron chi connectivity index (χ2n) is 9.61. The normalized spacial score (nSPS) is 16.1. The highest BCUT2D eigenvalue weighted by atomic mass is 16.5. The third-order valence-corrected chi connectivity index (χ3v) is 7.44. The quantitative estimate of drug-likeness (QED) is 0.344. The van der Waals surface area contributed by atoms with E-state index in [1.54, 1.807) is 0 Å². The minimum Gasteiger partial charge on any atom is -0.493 e. The molecule has 0 heterocycles. The second kappa shape index (κ2) is 12.5. The van der Waals surface area contributed by atoms with Gasteiger partial charge >= 0.3 is 0 Å². The van der Waals surface area contributed by atoms with Crippen molar-refractivity contribution in [2.24, 2.45) is 5.92 Å². The Hall–Kier alpha value is -2.40. The van der Waals surface area contributed by atoms with Gasteiger partial charge in [0.15, 0.2) is 0 Å². The maximum Gasteiger partial charge on any atom is 0.119 e. The summed E-state index contributed by atoms with van der Waals surface area (Å²) < 4.78 is 6.22. The van der Waals surface area contributed by atoms with Crippen LogP contribution in [0.3, 0.4) is 0 Å². The average molecular weight is 479 g/mol. The van der Waals surface area contributed by atoms with Crippen LogP contribution in [-0.2, 0) is 18.4 Å². The van der Waals surface area contributed by atoms with Gasteiger partial charge in [-0.15, -0.1) is 0 Å². The molecule has 35 heavy (non-hydrogen) atoms. The summed E-state index contributed by atoms with van der Waals surface area (Å²) in [6.07, 6.45) is 8.97. The molecule has 0 saturated heterocycles. The Bertz CT molecular complexity index is 1050. The van der Waals surface area contributed by atoms with Gasteiger partial charge in [-0.3, -0.25) is 0 Å². The van der Waals surface area contributed by atoms with E-state index in [4.69, 9.17) is 4.74 Å². The van der Waals surface area contributed by atoms with Crippen molar-refractivity contribution in [1.29, 1.82) is 0 Å². The van der Waals surface area contributed by atoms with Crippen molar-refractivity contribution in [3.05, 3.63) is 76.4 Å². The lowest BCUT2D eigenvalue weighted by atomic mass is 9.84. The fraction of sp³-hybridized carbons (Fsp3) is 0.484. The van der Waals surface area contributed by atoms with E-state index in [0.29, 0.717) is 25.9 Å². The first-order chi connectivity index (χ1) is 16.9. The molecular weight excluding hydrogens is 436 g/mol. The van der Waals surface area contributed by atoms with Gasteiger partial charge in [0.05, 0.1) is 25.4 Å².